The maximum Gasteiger partial charge on any atom is 0.338 e. The van der Waals surface area contributed by atoms with Gasteiger partial charge in [0.1, 0.15) is 0 Å². The van der Waals surface area contributed by atoms with Crippen LogP contribution in [0, 0.1) is 13.8 Å². The van der Waals surface area contributed by atoms with Crippen LogP contribution >= 0.6 is 0 Å². The molecule has 0 unspecified atom stereocenters. The Morgan fingerprint density at radius 3 is 2.28 bits per heavy atom. The average molecular weight is 490 g/mol. The lowest BCUT2D eigenvalue weighted by atomic mass is 10.1. The third-order valence-corrected chi connectivity index (χ3v) is 6.26. The molecule has 2 aromatic carbocycles. The van der Waals surface area contributed by atoms with Gasteiger partial charge in [-0.3, -0.25) is 19.2 Å². The number of anilines is 1. The summed E-state index contributed by atoms with van der Waals surface area (Å²) >= 11 is 0. The van der Waals surface area contributed by atoms with Crippen LogP contribution in [0.3, 0.4) is 0 Å². The summed E-state index contributed by atoms with van der Waals surface area (Å²) in [5.41, 5.74) is 4.31. The standard InChI is InChI=1S/C27H31N5O4/c1-20-5-3-6-21(2)26(20)29-24(33)18-30-13-15-31(16-14-30)25(34)19-36-27(35)23-9-7-22(8-10-23)17-32-12-4-11-28-32/h3-12H,13-19H2,1-2H3,(H,29,33). The Kier molecular flexibility index (Phi) is 8.12. The first kappa shape index (κ1) is 25.1. The molecule has 2 heterocycles. The second-order valence-corrected chi connectivity index (χ2v) is 8.95. The highest BCUT2D eigenvalue weighted by Gasteiger charge is 2.23. The predicted octanol–water partition coefficient (Wildman–Crippen LogP) is 2.49. The van der Waals surface area contributed by atoms with Crippen LogP contribution in [0.5, 0.6) is 0 Å². The van der Waals surface area contributed by atoms with E-state index in [9.17, 15) is 14.4 Å². The summed E-state index contributed by atoms with van der Waals surface area (Å²) < 4.78 is 7.04. The third kappa shape index (κ3) is 6.57. The van der Waals surface area contributed by atoms with Gasteiger partial charge in [0.15, 0.2) is 6.61 Å². The zero-order valence-corrected chi connectivity index (χ0v) is 20.6. The number of rotatable bonds is 8. The van der Waals surface area contributed by atoms with Crippen LogP contribution in [-0.2, 0) is 20.9 Å². The number of amides is 2. The van der Waals surface area contributed by atoms with Gasteiger partial charge < -0.3 is 15.0 Å². The monoisotopic (exact) mass is 489 g/mol. The normalized spacial score (nSPS) is 13.9. The first-order valence-corrected chi connectivity index (χ1v) is 12.0. The van der Waals surface area contributed by atoms with Crippen molar-refractivity contribution in [3.8, 4) is 0 Å². The number of ether oxygens (including phenoxy) is 1. The number of hydrogen-bond donors (Lipinski definition) is 1. The molecule has 0 bridgehead atoms. The molecule has 0 aliphatic carbocycles. The summed E-state index contributed by atoms with van der Waals surface area (Å²) in [7, 11) is 0. The number of para-hydroxylation sites is 1. The van der Waals surface area contributed by atoms with E-state index < -0.39 is 5.97 Å². The van der Waals surface area contributed by atoms with Gasteiger partial charge >= 0.3 is 5.97 Å². The molecular weight excluding hydrogens is 458 g/mol. The number of piperazine rings is 1. The number of nitrogens with one attached hydrogen (secondary N) is 1. The van der Waals surface area contributed by atoms with Gasteiger partial charge in [0.05, 0.1) is 18.7 Å². The Morgan fingerprint density at radius 1 is 0.944 bits per heavy atom. The molecule has 4 rings (SSSR count). The van der Waals surface area contributed by atoms with Crippen molar-refractivity contribution in [1.82, 2.24) is 19.6 Å². The molecule has 0 saturated carbocycles. The van der Waals surface area contributed by atoms with Crippen molar-refractivity contribution >= 4 is 23.5 Å². The van der Waals surface area contributed by atoms with Gasteiger partial charge in [0.25, 0.3) is 5.91 Å². The van der Waals surface area contributed by atoms with Gasteiger partial charge in [0.2, 0.25) is 5.91 Å². The molecular formula is C27H31N5O4. The number of hydrogen-bond acceptors (Lipinski definition) is 6. The van der Waals surface area contributed by atoms with Crippen LogP contribution in [0.15, 0.2) is 60.9 Å². The summed E-state index contributed by atoms with van der Waals surface area (Å²) in [5.74, 6) is -0.842. The number of carbonyl (C=O) groups excluding carboxylic acids is 3. The van der Waals surface area contributed by atoms with E-state index in [2.05, 4.69) is 10.4 Å². The van der Waals surface area contributed by atoms with E-state index in [4.69, 9.17) is 4.74 Å². The number of nitrogens with zero attached hydrogens (tertiary/aromatic N) is 4. The van der Waals surface area contributed by atoms with E-state index >= 15 is 0 Å². The molecule has 3 aromatic rings. The lowest BCUT2D eigenvalue weighted by molar-refractivity contribution is -0.136. The zero-order valence-electron chi connectivity index (χ0n) is 20.6. The van der Waals surface area contributed by atoms with Crippen molar-refractivity contribution in [3.63, 3.8) is 0 Å². The van der Waals surface area contributed by atoms with Crippen molar-refractivity contribution in [1.29, 1.82) is 0 Å². The Balaban J connectivity index is 1.18. The van der Waals surface area contributed by atoms with Gasteiger partial charge in [-0.1, -0.05) is 30.3 Å². The van der Waals surface area contributed by atoms with Gasteiger partial charge in [-0.15, -0.1) is 0 Å². The highest BCUT2D eigenvalue weighted by Crippen LogP contribution is 2.19. The Labute approximate surface area is 210 Å². The molecule has 1 aliphatic rings. The maximum absolute atomic E-state index is 12.6. The van der Waals surface area contributed by atoms with Gasteiger partial charge in [-0.2, -0.15) is 5.10 Å². The zero-order chi connectivity index (χ0) is 25.5. The second-order valence-electron chi connectivity index (χ2n) is 8.95. The van der Waals surface area contributed by atoms with Crippen LogP contribution in [0.1, 0.15) is 27.0 Å². The van der Waals surface area contributed by atoms with Gasteiger partial charge in [-0.25, -0.2) is 4.79 Å². The lowest BCUT2D eigenvalue weighted by Crippen LogP contribution is -2.51. The minimum absolute atomic E-state index is 0.0725. The minimum atomic E-state index is -0.532. The topological polar surface area (TPSA) is 96.8 Å². The quantitative estimate of drug-likeness (QED) is 0.489. The molecule has 0 atom stereocenters. The molecule has 1 aliphatic heterocycles. The number of aryl methyl sites for hydroxylation is 2. The van der Waals surface area contributed by atoms with Crippen LogP contribution in [-0.4, -0.2) is 76.7 Å². The predicted molar refractivity (Wildman–Crippen MR) is 136 cm³/mol. The van der Waals surface area contributed by atoms with Crippen molar-refractivity contribution < 1.29 is 19.1 Å². The lowest BCUT2D eigenvalue weighted by Gasteiger charge is -2.34. The molecule has 0 spiro atoms. The average Bonchev–Trinajstić information content (AvgIpc) is 3.39. The summed E-state index contributed by atoms with van der Waals surface area (Å²) in [6.45, 7) is 6.64. The second kappa shape index (κ2) is 11.6. The molecule has 0 radical (unpaired) electrons. The first-order valence-electron chi connectivity index (χ1n) is 12.0. The Morgan fingerprint density at radius 2 is 1.64 bits per heavy atom. The first-order chi connectivity index (χ1) is 17.4. The van der Waals surface area contributed by atoms with Crippen molar-refractivity contribution in [3.05, 3.63) is 83.2 Å². The third-order valence-electron chi connectivity index (χ3n) is 6.26. The van der Waals surface area contributed by atoms with Crippen LogP contribution < -0.4 is 5.32 Å². The Hall–Kier alpha value is -3.98. The van der Waals surface area contributed by atoms with Crippen LogP contribution in [0.4, 0.5) is 5.69 Å². The Bertz CT molecular complexity index is 1180. The fourth-order valence-electron chi connectivity index (χ4n) is 4.18. The highest BCUT2D eigenvalue weighted by molar-refractivity contribution is 5.94. The van der Waals surface area contributed by atoms with Crippen molar-refractivity contribution in [2.75, 3.05) is 44.6 Å². The summed E-state index contributed by atoms with van der Waals surface area (Å²) in [6, 6.07) is 14.8. The van der Waals surface area contributed by atoms with Crippen molar-refractivity contribution in [2.45, 2.75) is 20.4 Å². The number of benzene rings is 2. The largest absolute Gasteiger partial charge is 0.452 e. The number of aromatic nitrogens is 2. The molecule has 1 fully saturated rings. The molecule has 36 heavy (non-hydrogen) atoms. The number of esters is 1. The number of carbonyl (C=O) groups is 3. The van der Waals surface area contributed by atoms with E-state index in [0.29, 0.717) is 38.3 Å². The fraction of sp³-hybridized carbons (Fsp3) is 0.333. The smallest absolute Gasteiger partial charge is 0.338 e. The molecule has 188 valence electrons. The van der Waals surface area contributed by atoms with E-state index in [0.717, 1.165) is 22.4 Å². The molecule has 1 aromatic heterocycles. The SMILES string of the molecule is Cc1cccc(C)c1NC(=O)CN1CCN(C(=O)COC(=O)c2ccc(Cn3cccn3)cc2)CC1. The van der Waals surface area contributed by atoms with E-state index in [1.54, 1.807) is 27.9 Å². The van der Waals surface area contributed by atoms with Crippen LogP contribution in [0.25, 0.3) is 0 Å². The van der Waals surface area contributed by atoms with Gasteiger partial charge in [-0.05, 0) is 48.7 Å². The molecule has 2 amide bonds. The molecule has 1 N–H and O–H groups in total. The minimum Gasteiger partial charge on any atom is -0.452 e. The molecule has 9 heteroatoms. The van der Waals surface area contributed by atoms with Crippen molar-refractivity contribution in [2.24, 2.45) is 0 Å². The van der Waals surface area contributed by atoms with Gasteiger partial charge in [0, 0.05) is 44.3 Å². The van der Waals surface area contributed by atoms with Crippen LogP contribution in [0.2, 0.25) is 0 Å². The summed E-state index contributed by atoms with van der Waals surface area (Å²) in [5, 5.41) is 7.16. The van der Waals surface area contributed by atoms with E-state index in [1.807, 2.05) is 61.3 Å². The highest BCUT2D eigenvalue weighted by atomic mass is 16.5. The summed E-state index contributed by atoms with van der Waals surface area (Å²) in [6.07, 6.45) is 3.58. The van der Waals surface area contributed by atoms with E-state index in [1.165, 1.54) is 0 Å². The molecule has 1 saturated heterocycles. The molecule has 9 nitrogen and oxygen atoms in total. The fourth-order valence-corrected chi connectivity index (χ4v) is 4.18. The van der Waals surface area contributed by atoms with E-state index in [-0.39, 0.29) is 25.0 Å². The maximum atomic E-state index is 12.6. The summed E-state index contributed by atoms with van der Waals surface area (Å²) in [4.78, 5) is 41.1.